The van der Waals surface area contributed by atoms with Crippen LogP contribution in [0.25, 0.3) is 0 Å². The molecule has 0 aliphatic carbocycles. The van der Waals surface area contributed by atoms with Crippen LogP contribution in [0, 0.1) is 0 Å². The lowest BCUT2D eigenvalue weighted by Gasteiger charge is -2.18. The predicted molar refractivity (Wildman–Crippen MR) is 109 cm³/mol. The first-order chi connectivity index (χ1) is 12.9. The fourth-order valence-electron chi connectivity index (χ4n) is 2.53. The number of ether oxygens (including phenoxy) is 1. The number of rotatable bonds is 8. The summed E-state index contributed by atoms with van der Waals surface area (Å²) in [7, 11) is 5.35. The molecule has 0 unspecified atom stereocenters. The molecule has 0 fully saturated rings. The van der Waals surface area contributed by atoms with Crippen molar-refractivity contribution in [2.45, 2.75) is 6.42 Å². The normalized spacial score (nSPS) is 10.4. The van der Waals surface area contributed by atoms with Crippen LogP contribution >= 0.6 is 11.6 Å². The molecular weight excluding hydrogens is 366 g/mol. The maximum atomic E-state index is 12.6. The number of nitrogens with zero attached hydrogens (tertiary/aromatic N) is 1. The van der Waals surface area contributed by atoms with Gasteiger partial charge in [0.1, 0.15) is 0 Å². The van der Waals surface area contributed by atoms with E-state index in [0.717, 1.165) is 12.1 Å². The van der Waals surface area contributed by atoms with Crippen LogP contribution in [0.2, 0.25) is 5.02 Å². The lowest BCUT2D eigenvalue weighted by Crippen LogP contribution is -2.27. The maximum absolute atomic E-state index is 12.6. The molecule has 0 heterocycles. The lowest BCUT2D eigenvalue weighted by atomic mass is 10.1. The van der Waals surface area contributed by atoms with E-state index < -0.39 is 0 Å². The van der Waals surface area contributed by atoms with Crippen molar-refractivity contribution in [3.05, 3.63) is 58.6 Å². The standard InChI is InChI=1S/C20H24ClN3O3/c1-24(2)18-9-8-16(13-17(18)20(26)22-10-5-11-27-3)23-19(25)14-6-4-7-15(21)12-14/h4,6-9,12-13H,5,10-11H2,1-3H3,(H,22,26)(H,23,25). The fraction of sp³-hybridized carbons (Fsp3) is 0.300. The molecule has 0 aliphatic rings. The molecule has 7 heteroatoms. The highest BCUT2D eigenvalue weighted by Crippen LogP contribution is 2.23. The molecule has 0 radical (unpaired) electrons. The Balaban J connectivity index is 2.18. The van der Waals surface area contributed by atoms with Crippen LogP contribution in [0.1, 0.15) is 27.1 Å². The van der Waals surface area contributed by atoms with Crippen molar-refractivity contribution in [2.75, 3.05) is 44.6 Å². The summed E-state index contributed by atoms with van der Waals surface area (Å²) in [6.45, 7) is 1.09. The van der Waals surface area contributed by atoms with Gasteiger partial charge in [0.25, 0.3) is 11.8 Å². The summed E-state index contributed by atoms with van der Waals surface area (Å²) in [5.41, 5.74) is 2.23. The Bertz CT molecular complexity index is 809. The van der Waals surface area contributed by atoms with Crippen LogP contribution < -0.4 is 15.5 Å². The van der Waals surface area contributed by atoms with Crippen molar-refractivity contribution in [1.29, 1.82) is 0 Å². The first-order valence-corrected chi connectivity index (χ1v) is 8.95. The Kier molecular flexibility index (Phi) is 7.64. The van der Waals surface area contributed by atoms with Gasteiger partial charge >= 0.3 is 0 Å². The van der Waals surface area contributed by atoms with Crippen molar-refractivity contribution in [2.24, 2.45) is 0 Å². The van der Waals surface area contributed by atoms with E-state index in [2.05, 4.69) is 10.6 Å². The van der Waals surface area contributed by atoms with Gasteiger partial charge in [0.15, 0.2) is 0 Å². The zero-order valence-electron chi connectivity index (χ0n) is 15.7. The molecule has 6 nitrogen and oxygen atoms in total. The van der Waals surface area contributed by atoms with Crippen LogP contribution in [-0.2, 0) is 4.74 Å². The van der Waals surface area contributed by atoms with E-state index in [9.17, 15) is 9.59 Å². The van der Waals surface area contributed by atoms with E-state index >= 15 is 0 Å². The van der Waals surface area contributed by atoms with Gasteiger partial charge < -0.3 is 20.3 Å². The summed E-state index contributed by atoms with van der Waals surface area (Å²) in [6.07, 6.45) is 0.727. The number of benzene rings is 2. The van der Waals surface area contributed by atoms with Crippen molar-refractivity contribution in [1.82, 2.24) is 5.32 Å². The van der Waals surface area contributed by atoms with Gasteiger partial charge in [0.2, 0.25) is 0 Å². The van der Waals surface area contributed by atoms with Crippen LogP contribution in [0.15, 0.2) is 42.5 Å². The van der Waals surface area contributed by atoms with Gasteiger partial charge in [-0.15, -0.1) is 0 Å². The number of carbonyl (C=O) groups excluding carboxylic acids is 2. The predicted octanol–water partition coefficient (Wildman–Crippen LogP) is 3.42. The van der Waals surface area contributed by atoms with Crippen LogP contribution in [0.3, 0.4) is 0 Å². The topological polar surface area (TPSA) is 70.7 Å². The number of nitrogens with one attached hydrogen (secondary N) is 2. The van der Waals surface area contributed by atoms with Crippen LogP contribution in [0.4, 0.5) is 11.4 Å². The van der Waals surface area contributed by atoms with Gasteiger partial charge in [-0.25, -0.2) is 0 Å². The Morgan fingerprint density at radius 2 is 1.89 bits per heavy atom. The van der Waals surface area contributed by atoms with E-state index in [1.165, 1.54) is 0 Å². The smallest absolute Gasteiger partial charge is 0.255 e. The number of halogens is 1. The zero-order valence-corrected chi connectivity index (χ0v) is 16.5. The Morgan fingerprint density at radius 1 is 1.11 bits per heavy atom. The number of methoxy groups -OCH3 is 1. The van der Waals surface area contributed by atoms with Gasteiger partial charge in [-0.1, -0.05) is 17.7 Å². The number of anilines is 2. The second-order valence-electron chi connectivity index (χ2n) is 6.19. The highest BCUT2D eigenvalue weighted by molar-refractivity contribution is 6.31. The minimum atomic E-state index is -0.290. The molecule has 2 rings (SSSR count). The molecule has 2 aromatic carbocycles. The van der Waals surface area contributed by atoms with E-state index in [0.29, 0.717) is 35.0 Å². The summed E-state index contributed by atoms with van der Waals surface area (Å²) in [4.78, 5) is 26.8. The third-order valence-corrected chi connectivity index (χ3v) is 4.11. The van der Waals surface area contributed by atoms with E-state index in [1.807, 2.05) is 19.0 Å². The molecule has 0 aliphatic heterocycles. The molecule has 0 aromatic heterocycles. The number of carbonyl (C=O) groups is 2. The molecule has 0 saturated carbocycles. The number of amides is 2. The van der Waals surface area contributed by atoms with Crippen LogP contribution in [-0.4, -0.2) is 46.2 Å². The lowest BCUT2D eigenvalue weighted by molar-refractivity contribution is 0.0947. The molecule has 2 N–H and O–H groups in total. The van der Waals surface area contributed by atoms with E-state index in [4.69, 9.17) is 16.3 Å². The summed E-state index contributed by atoms with van der Waals surface area (Å²) in [5, 5.41) is 6.17. The SMILES string of the molecule is COCCCNC(=O)c1cc(NC(=O)c2cccc(Cl)c2)ccc1N(C)C. The second-order valence-corrected chi connectivity index (χ2v) is 6.63. The van der Waals surface area contributed by atoms with Gasteiger partial charge in [-0.2, -0.15) is 0 Å². The average molecular weight is 390 g/mol. The highest BCUT2D eigenvalue weighted by Gasteiger charge is 2.15. The first kappa shape index (κ1) is 20.7. The summed E-state index contributed by atoms with van der Waals surface area (Å²) in [5.74, 6) is -0.491. The Labute approximate surface area is 164 Å². The van der Waals surface area contributed by atoms with E-state index in [-0.39, 0.29) is 11.8 Å². The highest BCUT2D eigenvalue weighted by atomic mass is 35.5. The quantitative estimate of drug-likeness (QED) is 0.678. The largest absolute Gasteiger partial charge is 0.385 e. The Hall–Kier alpha value is -2.57. The zero-order chi connectivity index (χ0) is 19.8. The summed E-state index contributed by atoms with van der Waals surface area (Å²) < 4.78 is 4.99. The molecule has 0 atom stereocenters. The maximum Gasteiger partial charge on any atom is 0.255 e. The van der Waals surface area contributed by atoms with Crippen molar-refractivity contribution in [3.63, 3.8) is 0 Å². The van der Waals surface area contributed by atoms with Crippen molar-refractivity contribution >= 4 is 34.8 Å². The summed E-state index contributed by atoms with van der Waals surface area (Å²) >= 11 is 5.94. The first-order valence-electron chi connectivity index (χ1n) is 8.58. The summed E-state index contributed by atoms with van der Waals surface area (Å²) in [6, 6.07) is 11.9. The minimum Gasteiger partial charge on any atom is -0.385 e. The molecule has 144 valence electrons. The molecule has 2 amide bonds. The second kappa shape index (κ2) is 9.94. The van der Waals surface area contributed by atoms with E-state index in [1.54, 1.807) is 49.6 Å². The third kappa shape index (κ3) is 5.98. The van der Waals surface area contributed by atoms with Crippen LogP contribution in [0.5, 0.6) is 0 Å². The van der Waals surface area contributed by atoms with Crippen molar-refractivity contribution in [3.8, 4) is 0 Å². The number of hydrogen-bond donors (Lipinski definition) is 2. The van der Waals surface area contributed by atoms with Gasteiger partial charge in [-0.3, -0.25) is 9.59 Å². The number of hydrogen-bond acceptors (Lipinski definition) is 4. The average Bonchev–Trinajstić information content (AvgIpc) is 2.64. The molecular formula is C20H24ClN3O3. The molecule has 27 heavy (non-hydrogen) atoms. The molecule has 2 aromatic rings. The fourth-order valence-corrected chi connectivity index (χ4v) is 2.72. The van der Waals surface area contributed by atoms with Gasteiger partial charge in [0.05, 0.1) is 5.56 Å². The third-order valence-electron chi connectivity index (χ3n) is 3.88. The minimum absolute atomic E-state index is 0.200. The molecule has 0 saturated heterocycles. The molecule has 0 spiro atoms. The Morgan fingerprint density at radius 3 is 2.56 bits per heavy atom. The monoisotopic (exact) mass is 389 g/mol. The van der Waals surface area contributed by atoms with Gasteiger partial charge in [0, 0.05) is 56.3 Å². The van der Waals surface area contributed by atoms with Crippen molar-refractivity contribution < 1.29 is 14.3 Å². The molecule has 0 bridgehead atoms. The van der Waals surface area contributed by atoms with Gasteiger partial charge in [-0.05, 0) is 42.8 Å².